The third-order valence-electron chi connectivity index (χ3n) is 7.80. The summed E-state index contributed by atoms with van der Waals surface area (Å²) in [5.74, 6) is 0.936. The normalized spacial score (nSPS) is 16.8. The van der Waals surface area contributed by atoms with Gasteiger partial charge in [0, 0.05) is 50.1 Å². The first-order valence-electron chi connectivity index (χ1n) is 13.9. The highest BCUT2D eigenvalue weighted by molar-refractivity contribution is 7.98. The van der Waals surface area contributed by atoms with Crippen molar-refractivity contribution in [3.63, 3.8) is 0 Å². The van der Waals surface area contributed by atoms with E-state index in [1.54, 1.807) is 6.20 Å². The van der Waals surface area contributed by atoms with Crippen LogP contribution in [0.1, 0.15) is 18.9 Å². The molecule has 0 aliphatic carbocycles. The molecule has 5 aromatic rings. The van der Waals surface area contributed by atoms with E-state index in [4.69, 9.17) is 9.15 Å². The number of benzene rings is 2. The molecule has 1 saturated heterocycles. The summed E-state index contributed by atoms with van der Waals surface area (Å²) >= 11 is 1.22. The fraction of sp³-hybridized carbons (Fsp3) is 0.321. The van der Waals surface area contributed by atoms with Crippen molar-refractivity contribution in [1.29, 1.82) is 0 Å². The maximum Gasteiger partial charge on any atom is 0.269 e. The largest absolute Gasteiger partial charge is 0.487 e. The number of pyridine rings is 1. The molecule has 0 unspecified atom stereocenters. The zero-order chi connectivity index (χ0) is 30.5. The van der Waals surface area contributed by atoms with E-state index < -0.39 is 10.7 Å². The van der Waals surface area contributed by atoms with E-state index in [2.05, 4.69) is 30.3 Å². The van der Waals surface area contributed by atoms with Gasteiger partial charge >= 0.3 is 0 Å². The van der Waals surface area contributed by atoms with Crippen molar-refractivity contribution in [2.75, 3.05) is 44.7 Å². The van der Waals surface area contributed by atoms with Gasteiger partial charge < -0.3 is 23.5 Å². The Morgan fingerprint density at radius 3 is 2.70 bits per heavy atom. The number of likely N-dealkylation sites (N-methyl/N-ethyl adjacent to an activating group) is 1. The number of hydrogen-bond acceptors (Lipinski definition) is 12. The molecule has 44 heavy (non-hydrogen) atoms. The summed E-state index contributed by atoms with van der Waals surface area (Å²) in [6.45, 7) is 5.24. The lowest BCUT2D eigenvalue weighted by Gasteiger charge is -2.37. The number of hydrogen-bond donors (Lipinski definition) is 1. The summed E-state index contributed by atoms with van der Waals surface area (Å²) < 4.78 is 29.4. The number of non-ortho nitro benzene ring substituents is 1. The van der Waals surface area contributed by atoms with Gasteiger partial charge in [-0.15, -0.1) is 15.3 Å². The Labute approximate surface area is 253 Å². The number of nitro benzene ring substituents is 1. The minimum atomic E-state index is -0.492. The molecule has 2 aliphatic heterocycles. The van der Waals surface area contributed by atoms with Crippen LogP contribution in [0.25, 0.3) is 33.7 Å². The summed E-state index contributed by atoms with van der Waals surface area (Å²) in [4.78, 5) is 32.8. The standard InChI is InChI=1S/C28H26FN9O5S/c1-15-13-42-25-22-18(11-20(29)23(25)36-9-7-35(2)8-10-36)24(39)19(12-37(15)22)26-30-28(34-32-26)44-14-21-31-33-27(43-21)16-3-5-17(6-4-16)38(40)41/h3-6,11-12,15H,7-10,13-14H2,1-2H3,(H,30,32,34)/t15-/m0/s1. The summed E-state index contributed by atoms with van der Waals surface area (Å²) in [6.07, 6.45) is 1.73. The third kappa shape index (κ3) is 4.94. The first-order chi connectivity index (χ1) is 21.3. The minimum Gasteiger partial charge on any atom is -0.487 e. The van der Waals surface area contributed by atoms with Gasteiger partial charge in [-0.1, -0.05) is 11.8 Å². The fourth-order valence-electron chi connectivity index (χ4n) is 5.42. The zero-order valence-electron chi connectivity index (χ0n) is 23.7. The van der Waals surface area contributed by atoms with Crippen LogP contribution >= 0.6 is 11.8 Å². The van der Waals surface area contributed by atoms with Crippen LogP contribution in [0.15, 0.2) is 50.9 Å². The monoisotopic (exact) mass is 619 g/mol. The number of aromatic nitrogens is 6. The van der Waals surface area contributed by atoms with Gasteiger partial charge in [0.2, 0.25) is 22.4 Å². The van der Waals surface area contributed by atoms with Crippen molar-refractivity contribution in [2.24, 2.45) is 0 Å². The molecule has 2 aromatic carbocycles. The number of piperazine rings is 1. The Hall–Kier alpha value is -4.83. The van der Waals surface area contributed by atoms with Crippen LogP contribution < -0.4 is 15.1 Å². The number of rotatable bonds is 7. The minimum absolute atomic E-state index is 0.0384. The highest BCUT2D eigenvalue weighted by atomic mass is 32.2. The van der Waals surface area contributed by atoms with Crippen LogP contribution in [-0.4, -0.2) is 79.6 Å². The van der Waals surface area contributed by atoms with Crippen molar-refractivity contribution < 1.29 is 18.5 Å². The van der Waals surface area contributed by atoms with E-state index in [0.29, 0.717) is 53.3 Å². The van der Waals surface area contributed by atoms with Gasteiger partial charge in [0.05, 0.1) is 33.2 Å². The topological polar surface area (TPSA) is 161 Å². The van der Waals surface area contributed by atoms with Crippen molar-refractivity contribution >= 4 is 34.0 Å². The molecular formula is C28H26FN9O5S. The van der Waals surface area contributed by atoms with Gasteiger partial charge in [0.1, 0.15) is 12.3 Å². The maximum atomic E-state index is 15.7. The third-order valence-corrected chi connectivity index (χ3v) is 8.63. The van der Waals surface area contributed by atoms with Gasteiger partial charge in [0.15, 0.2) is 17.4 Å². The van der Waals surface area contributed by atoms with Crippen LogP contribution in [-0.2, 0) is 5.75 Å². The van der Waals surface area contributed by atoms with Crippen molar-refractivity contribution in [3.8, 4) is 28.6 Å². The van der Waals surface area contributed by atoms with E-state index in [0.717, 1.165) is 13.1 Å². The number of nitrogens with zero attached hydrogens (tertiary/aromatic N) is 8. The van der Waals surface area contributed by atoms with Crippen LogP contribution in [0.4, 0.5) is 15.8 Å². The van der Waals surface area contributed by atoms with Crippen LogP contribution in [0.3, 0.4) is 0 Å². The Bertz CT molecular complexity index is 1950. The molecule has 0 saturated carbocycles. The average molecular weight is 620 g/mol. The van der Waals surface area contributed by atoms with E-state index in [9.17, 15) is 14.9 Å². The first kappa shape index (κ1) is 28.0. The van der Waals surface area contributed by atoms with Crippen molar-refractivity contribution in [1.82, 2.24) is 34.8 Å². The number of nitrogens with one attached hydrogen (secondary N) is 1. The zero-order valence-corrected chi connectivity index (χ0v) is 24.5. The number of halogens is 1. The molecular weight excluding hydrogens is 593 g/mol. The number of aromatic amines is 1. The molecule has 1 fully saturated rings. The highest BCUT2D eigenvalue weighted by Gasteiger charge is 2.31. The second-order valence-electron chi connectivity index (χ2n) is 10.7. The van der Waals surface area contributed by atoms with Crippen LogP contribution in [0.2, 0.25) is 0 Å². The lowest BCUT2D eigenvalue weighted by Crippen LogP contribution is -2.45. The summed E-state index contributed by atoms with van der Waals surface area (Å²) in [6, 6.07) is 7.00. The van der Waals surface area contributed by atoms with E-state index in [-0.39, 0.29) is 45.6 Å². The Morgan fingerprint density at radius 1 is 1.18 bits per heavy atom. The van der Waals surface area contributed by atoms with Gasteiger partial charge in [-0.05, 0) is 32.2 Å². The van der Waals surface area contributed by atoms with Gasteiger partial charge in [-0.2, -0.15) is 0 Å². The Morgan fingerprint density at radius 2 is 1.95 bits per heavy atom. The number of nitro groups is 1. The Kier molecular flexibility index (Phi) is 7.01. The molecule has 0 radical (unpaired) electrons. The number of H-pyrrole nitrogens is 1. The lowest BCUT2D eigenvalue weighted by atomic mass is 10.0. The second kappa shape index (κ2) is 11.0. The maximum absolute atomic E-state index is 15.7. The molecule has 1 N–H and O–H groups in total. The smallest absolute Gasteiger partial charge is 0.269 e. The van der Waals surface area contributed by atoms with Crippen molar-refractivity contribution in [3.05, 3.63) is 68.6 Å². The molecule has 226 valence electrons. The SMILES string of the molecule is C[C@H]1COc2c(N3CCN(C)CC3)c(F)cc3c(=O)c(-c4nc(SCc5nnc(-c6ccc([N+](=O)[O-])cc6)o5)n[nH]4)cn1c23. The molecule has 3 aromatic heterocycles. The first-order valence-corrected chi connectivity index (χ1v) is 14.9. The van der Waals surface area contributed by atoms with Crippen molar-refractivity contribution in [2.45, 2.75) is 23.9 Å². The summed E-state index contributed by atoms with van der Waals surface area (Å²) in [5, 5.41) is 26.6. The predicted molar refractivity (Wildman–Crippen MR) is 159 cm³/mol. The lowest BCUT2D eigenvalue weighted by molar-refractivity contribution is -0.384. The van der Waals surface area contributed by atoms with Crippen LogP contribution in [0, 0.1) is 15.9 Å². The Balaban J connectivity index is 1.15. The number of ether oxygens (including phenoxy) is 1. The second-order valence-corrected chi connectivity index (χ2v) is 11.7. The molecule has 0 amide bonds. The molecule has 2 aliphatic rings. The predicted octanol–water partition coefficient (Wildman–Crippen LogP) is 3.88. The number of thioether (sulfide) groups is 1. The molecule has 16 heteroatoms. The summed E-state index contributed by atoms with van der Waals surface area (Å²) in [7, 11) is 2.04. The van der Waals surface area contributed by atoms with Gasteiger partial charge in [0.25, 0.3) is 5.69 Å². The molecule has 14 nitrogen and oxygen atoms in total. The molecule has 5 heterocycles. The summed E-state index contributed by atoms with van der Waals surface area (Å²) in [5.41, 5.74) is 1.37. The average Bonchev–Trinajstić information content (AvgIpc) is 3.70. The fourth-order valence-corrected chi connectivity index (χ4v) is 6.05. The van der Waals surface area contributed by atoms with E-state index in [1.165, 1.54) is 42.1 Å². The molecule has 7 rings (SSSR count). The van der Waals surface area contributed by atoms with Gasteiger partial charge in [-0.25, -0.2) is 9.37 Å². The molecule has 0 spiro atoms. The highest BCUT2D eigenvalue weighted by Crippen LogP contribution is 2.42. The quantitative estimate of drug-likeness (QED) is 0.159. The van der Waals surface area contributed by atoms with E-state index in [1.807, 2.05) is 23.4 Å². The molecule has 0 bridgehead atoms. The van der Waals surface area contributed by atoms with Crippen LogP contribution in [0.5, 0.6) is 5.75 Å². The van der Waals surface area contributed by atoms with Gasteiger partial charge in [-0.3, -0.25) is 20.0 Å². The van der Waals surface area contributed by atoms with E-state index >= 15 is 4.39 Å². The number of anilines is 1. The molecule has 1 atom stereocenters.